The topological polar surface area (TPSA) is 37.3 Å². The van der Waals surface area contributed by atoms with Gasteiger partial charge in [-0.2, -0.15) is 11.8 Å². The Kier molecular flexibility index (Phi) is 3.17. The van der Waals surface area contributed by atoms with E-state index in [1.165, 1.54) is 0 Å². The molecule has 0 aliphatic carbocycles. The minimum Gasteiger partial charge on any atom is -0.481 e. The van der Waals surface area contributed by atoms with Gasteiger partial charge in [0, 0.05) is 0 Å². The molecule has 1 rings (SSSR count). The number of carboxylic acids is 1. The zero-order chi connectivity index (χ0) is 8.27. The first-order valence-corrected chi connectivity index (χ1v) is 4.82. The fourth-order valence-corrected chi connectivity index (χ4v) is 2.19. The third-order valence-electron chi connectivity index (χ3n) is 1.86. The molecule has 0 aromatic carbocycles. The second kappa shape index (κ2) is 3.95. The van der Waals surface area contributed by atoms with Crippen molar-refractivity contribution >= 4 is 17.7 Å². The van der Waals surface area contributed by atoms with Gasteiger partial charge in [0.05, 0.1) is 5.92 Å². The van der Waals surface area contributed by atoms with Gasteiger partial charge in [-0.3, -0.25) is 4.79 Å². The lowest BCUT2D eigenvalue weighted by atomic mass is 9.99. The maximum absolute atomic E-state index is 13.0. The Hall–Kier alpha value is -0.250. The number of hydrogen-bond acceptors (Lipinski definition) is 2. The number of aliphatic carboxylic acids is 1. The number of hydrogen-bond donors (Lipinski definition) is 1. The monoisotopic (exact) mass is 178 g/mol. The molecule has 0 amide bonds. The Morgan fingerprint density at radius 1 is 1.45 bits per heavy atom. The SMILES string of the molecule is O=C(O)[C@@H]1CCSCC[C@H]1F. The van der Waals surface area contributed by atoms with Gasteiger partial charge in [0.25, 0.3) is 0 Å². The van der Waals surface area contributed by atoms with Crippen LogP contribution in [0.15, 0.2) is 0 Å². The molecule has 2 nitrogen and oxygen atoms in total. The van der Waals surface area contributed by atoms with E-state index in [-0.39, 0.29) is 0 Å². The van der Waals surface area contributed by atoms with E-state index in [2.05, 4.69) is 0 Å². The highest BCUT2D eigenvalue weighted by atomic mass is 32.2. The third kappa shape index (κ3) is 2.36. The maximum atomic E-state index is 13.0. The molecule has 1 N–H and O–H groups in total. The van der Waals surface area contributed by atoms with E-state index in [4.69, 9.17) is 5.11 Å². The zero-order valence-corrected chi connectivity index (χ0v) is 6.94. The van der Waals surface area contributed by atoms with E-state index >= 15 is 0 Å². The first-order valence-electron chi connectivity index (χ1n) is 3.66. The van der Waals surface area contributed by atoms with E-state index in [1.807, 2.05) is 0 Å². The van der Waals surface area contributed by atoms with Gasteiger partial charge >= 0.3 is 5.97 Å². The van der Waals surface area contributed by atoms with E-state index in [0.29, 0.717) is 12.8 Å². The Morgan fingerprint density at radius 3 is 2.73 bits per heavy atom. The molecule has 0 bridgehead atoms. The molecule has 11 heavy (non-hydrogen) atoms. The molecule has 0 radical (unpaired) electrons. The lowest BCUT2D eigenvalue weighted by Gasteiger charge is -2.11. The van der Waals surface area contributed by atoms with E-state index in [1.54, 1.807) is 11.8 Å². The molecular formula is C7H11FO2S. The van der Waals surface area contributed by atoms with Crippen LogP contribution in [0.2, 0.25) is 0 Å². The third-order valence-corrected chi connectivity index (χ3v) is 2.91. The summed E-state index contributed by atoms with van der Waals surface area (Å²) >= 11 is 1.64. The highest BCUT2D eigenvalue weighted by Crippen LogP contribution is 2.24. The van der Waals surface area contributed by atoms with Crippen molar-refractivity contribution in [1.29, 1.82) is 0 Å². The Labute approximate surface area is 69.2 Å². The lowest BCUT2D eigenvalue weighted by molar-refractivity contribution is -0.144. The largest absolute Gasteiger partial charge is 0.481 e. The van der Waals surface area contributed by atoms with E-state index in [9.17, 15) is 9.18 Å². The fourth-order valence-electron chi connectivity index (χ4n) is 1.17. The molecule has 2 atom stereocenters. The van der Waals surface area contributed by atoms with Crippen LogP contribution in [0.4, 0.5) is 4.39 Å². The second-order valence-corrected chi connectivity index (χ2v) is 3.88. The number of carboxylic acid groups (broad SMARTS) is 1. The molecule has 0 aromatic rings. The van der Waals surface area contributed by atoms with Crippen molar-refractivity contribution in [2.45, 2.75) is 19.0 Å². The summed E-state index contributed by atoms with van der Waals surface area (Å²) in [7, 11) is 0. The smallest absolute Gasteiger partial charge is 0.309 e. The quantitative estimate of drug-likeness (QED) is 0.662. The average Bonchev–Trinajstić information content (AvgIpc) is 2.13. The highest BCUT2D eigenvalue weighted by Gasteiger charge is 2.29. The van der Waals surface area contributed by atoms with Crippen LogP contribution < -0.4 is 0 Å². The van der Waals surface area contributed by atoms with Gasteiger partial charge in [-0.15, -0.1) is 0 Å². The van der Waals surface area contributed by atoms with Gasteiger partial charge in [0.2, 0.25) is 0 Å². The van der Waals surface area contributed by atoms with Crippen molar-refractivity contribution in [3.63, 3.8) is 0 Å². The van der Waals surface area contributed by atoms with Crippen LogP contribution in [0.3, 0.4) is 0 Å². The number of rotatable bonds is 1. The van der Waals surface area contributed by atoms with Gasteiger partial charge < -0.3 is 5.11 Å². The van der Waals surface area contributed by atoms with Gasteiger partial charge in [-0.25, -0.2) is 4.39 Å². The number of halogens is 1. The van der Waals surface area contributed by atoms with Gasteiger partial charge in [0.1, 0.15) is 6.17 Å². The summed E-state index contributed by atoms with van der Waals surface area (Å²) in [6.07, 6.45) is -0.273. The lowest BCUT2D eigenvalue weighted by Crippen LogP contribution is -2.24. The Morgan fingerprint density at radius 2 is 2.09 bits per heavy atom. The van der Waals surface area contributed by atoms with Crippen LogP contribution in [0.5, 0.6) is 0 Å². The summed E-state index contributed by atoms with van der Waals surface area (Å²) < 4.78 is 13.0. The van der Waals surface area contributed by atoms with Crippen LogP contribution in [0.25, 0.3) is 0 Å². The molecule has 1 aliphatic rings. The molecule has 4 heteroatoms. The molecule has 64 valence electrons. The minimum absolute atomic E-state index is 0.391. The molecule has 0 spiro atoms. The molecule has 1 heterocycles. The summed E-state index contributed by atoms with van der Waals surface area (Å²) in [4.78, 5) is 10.5. The number of alkyl halides is 1. The maximum Gasteiger partial charge on any atom is 0.309 e. The molecule has 1 aliphatic heterocycles. The summed E-state index contributed by atoms with van der Waals surface area (Å²) in [5.41, 5.74) is 0. The standard InChI is InChI=1S/C7H11FO2S/c8-6-2-4-11-3-1-5(6)7(9)10/h5-6H,1-4H2,(H,9,10)/t5-,6-/m1/s1. The summed E-state index contributed by atoms with van der Waals surface area (Å²) in [6.45, 7) is 0. The predicted octanol–water partition coefficient (Wildman–Crippen LogP) is 1.55. The van der Waals surface area contributed by atoms with Crippen molar-refractivity contribution < 1.29 is 14.3 Å². The van der Waals surface area contributed by atoms with Crippen LogP contribution in [0, 0.1) is 5.92 Å². The van der Waals surface area contributed by atoms with E-state index < -0.39 is 18.1 Å². The number of thioether (sulfide) groups is 1. The molecule has 0 saturated carbocycles. The van der Waals surface area contributed by atoms with Crippen molar-refractivity contribution in [3.8, 4) is 0 Å². The second-order valence-electron chi connectivity index (χ2n) is 2.65. The van der Waals surface area contributed by atoms with Gasteiger partial charge in [-0.1, -0.05) is 0 Å². The predicted molar refractivity (Wildman–Crippen MR) is 42.6 cm³/mol. The average molecular weight is 178 g/mol. The van der Waals surface area contributed by atoms with Crippen LogP contribution in [-0.4, -0.2) is 28.8 Å². The normalized spacial score (nSPS) is 32.8. The summed E-state index contributed by atoms with van der Waals surface area (Å²) in [5.74, 6) is -0.215. The zero-order valence-electron chi connectivity index (χ0n) is 6.12. The summed E-state index contributed by atoms with van der Waals surface area (Å²) in [6, 6.07) is 0. The minimum atomic E-state index is -1.14. The first kappa shape index (κ1) is 8.84. The van der Waals surface area contributed by atoms with Crippen LogP contribution in [-0.2, 0) is 4.79 Å². The van der Waals surface area contributed by atoms with Gasteiger partial charge in [-0.05, 0) is 24.3 Å². The molecule has 0 aromatic heterocycles. The molecular weight excluding hydrogens is 167 g/mol. The molecule has 0 unspecified atom stereocenters. The Bertz CT molecular complexity index is 151. The molecule has 1 saturated heterocycles. The Balaban J connectivity index is 2.52. The number of carbonyl (C=O) groups is 1. The van der Waals surface area contributed by atoms with Crippen molar-refractivity contribution in [3.05, 3.63) is 0 Å². The van der Waals surface area contributed by atoms with Crippen LogP contribution >= 0.6 is 11.8 Å². The van der Waals surface area contributed by atoms with E-state index in [0.717, 1.165) is 11.5 Å². The fraction of sp³-hybridized carbons (Fsp3) is 0.857. The van der Waals surface area contributed by atoms with Gasteiger partial charge in [0.15, 0.2) is 0 Å². The van der Waals surface area contributed by atoms with Crippen molar-refractivity contribution in [2.75, 3.05) is 11.5 Å². The summed E-state index contributed by atoms with van der Waals surface area (Å²) in [5, 5.41) is 8.58. The molecule has 1 fully saturated rings. The van der Waals surface area contributed by atoms with Crippen LogP contribution in [0.1, 0.15) is 12.8 Å². The highest BCUT2D eigenvalue weighted by molar-refractivity contribution is 7.99. The van der Waals surface area contributed by atoms with Crippen molar-refractivity contribution in [2.24, 2.45) is 5.92 Å². The van der Waals surface area contributed by atoms with Crippen molar-refractivity contribution in [1.82, 2.24) is 0 Å². The first-order chi connectivity index (χ1) is 5.22.